The Hall–Kier alpha value is -0.770. The van der Waals surface area contributed by atoms with Gasteiger partial charge in [0.1, 0.15) is 5.75 Å². The Kier molecular flexibility index (Phi) is 5.08. The first-order chi connectivity index (χ1) is 9.15. The van der Waals surface area contributed by atoms with Crippen LogP contribution in [0.3, 0.4) is 0 Å². The summed E-state index contributed by atoms with van der Waals surface area (Å²) in [6.45, 7) is 3.34. The van der Waals surface area contributed by atoms with Crippen molar-refractivity contribution in [3.05, 3.63) is 28.3 Å². The Morgan fingerprint density at radius 2 is 2.16 bits per heavy atom. The SMILES string of the molecule is CCCc1cc(C(N)CN)cc(Cl)c1OCC1CC1. The van der Waals surface area contributed by atoms with E-state index >= 15 is 0 Å². The summed E-state index contributed by atoms with van der Waals surface area (Å²) in [5, 5.41) is 0.658. The van der Waals surface area contributed by atoms with Crippen molar-refractivity contribution in [1.29, 1.82) is 0 Å². The fourth-order valence-corrected chi connectivity index (χ4v) is 2.43. The van der Waals surface area contributed by atoms with E-state index in [1.165, 1.54) is 12.8 Å². The van der Waals surface area contributed by atoms with Gasteiger partial charge in [-0.1, -0.05) is 31.0 Å². The van der Waals surface area contributed by atoms with Crippen molar-refractivity contribution in [1.82, 2.24) is 0 Å². The predicted molar refractivity (Wildman–Crippen MR) is 79.6 cm³/mol. The molecule has 0 radical (unpaired) electrons. The van der Waals surface area contributed by atoms with Crippen LogP contribution in [0.15, 0.2) is 12.1 Å². The molecule has 106 valence electrons. The zero-order valence-electron chi connectivity index (χ0n) is 11.5. The van der Waals surface area contributed by atoms with Gasteiger partial charge in [0.25, 0.3) is 0 Å². The highest BCUT2D eigenvalue weighted by Crippen LogP contribution is 2.36. The van der Waals surface area contributed by atoms with Crippen LogP contribution in [0.2, 0.25) is 5.02 Å². The molecule has 1 aromatic carbocycles. The number of ether oxygens (including phenoxy) is 1. The van der Waals surface area contributed by atoms with E-state index in [9.17, 15) is 0 Å². The second-order valence-electron chi connectivity index (χ2n) is 5.34. The molecule has 1 saturated carbocycles. The predicted octanol–water partition coefficient (Wildman–Crippen LogP) is 3.04. The number of halogens is 1. The fraction of sp³-hybridized carbons (Fsp3) is 0.600. The van der Waals surface area contributed by atoms with Gasteiger partial charge in [0.15, 0.2) is 0 Å². The van der Waals surface area contributed by atoms with E-state index < -0.39 is 0 Å². The second-order valence-corrected chi connectivity index (χ2v) is 5.74. The first-order valence-electron chi connectivity index (χ1n) is 7.06. The van der Waals surface area contributed by atoms with Gasteiger partial charge in [-0.05, 0) is 42.4 Å². The zero-order chi connectivity index (χ0) is 13.8. The molecule has 19 heavy (non-hydrogen) atoms. The molecule has 1 unspecified atom stereocenters. The molecule has 0 amide bonds. The van der Waals surface area contributed by atoms with Crippen LogP contribution >= 0.6 is 11.6 Å². The quantitative estimate of drug-likeness (QED) is 0.808. The summed E-state index contributed by atoms with van der Waals surface area (Å²) in [6, 6.07) is 3.82. The molecule has 1 aliphatic rings. The molecule has 0 heterocycles. The summed E-state index contributed by atoms with van der Waals surface area (Å²) in [5.41, 5.74) is 13.8. The molecule has 1 aliphatic carbocycles. The minimum Gasteiger partial charge on any atom is -0.491 e. The van der Waals surface area contributed by atoms with E-state index in [1.807, 2.05) is 6.07 Å². The molecule has 1 aromatic rings. The van der Waals surface area contributed by atoms with E-state index in [2.05, 4.69) is 13.0 Å². The molecule has 1 fully saturated rings. The van der Waals surface area contributed by atoms with E-state index in [1.54, 1.807) is 0 Å². The van der Waals surface area contributed by atoms with Crippen molar-refractivity contribution in [3.63, 3.8) is 0 Å². The van der Waals surface area contributed by atoms with Crippen molar-refractivity contribution < 1.29 is 4.74 Å². The van der Waals surface area contributed by atoms with E-state index in [0.717, 1.165) is 42.2 Å². The Labute approximate surface area is 120 Å². The van der Waals surface area contributed by atoms with Crippen molar-refractivity contribution >= 4 is 11.6 Å². The van der Waals surface area contributed by atoms with Gasteiger partial charge in [0.2, 0.25) is 0 Å². The Morgan fingerprint density at radius 1 is 1.42 bits per heavy atom. The van der Waals surface area contributed by atoms with Crippen LogP contribution in [0.1, 0.15) is 43.4 Å². The number of rotatable bonds is 7. The molecule has 0 spiro atoms. The highest BCUT2D eigenvalue weighted by atomic mass is 35.5. The van der Waals surface area contributed by atoms with Gasteiger partial charge in [0, 0.05) is 12.6 Å². The van der Waals surface area contributed by atoms with E-state index in [0.29, 0.717) is 11.6 Å². The molecule has 1 atom stereocenters. The molecule has 3 nitrogen and oxygen atoms in total. The van der Waals surface area contributed by atoms with Gasteiger partial charge in [-0.25, -0.2) is 0 Å². The lowest BCUT2D eigenvalue weighted by Gasteiger charge is -2.17. The first kappa shape index (κ1) is 14.6. The second kappa shape index (κ2) is 6.60. The maximum Gasteiger partial charge on any atom is 0.141 e. The van der Waals surface area contributed by atoms with Crippen LogP contribution in [-0.4, -0.2) is 13.2 Å². The van der Waals surface area contributed by atoms with Crippen molar-refractivity contribution in [2.75, 3.05) is 13.2 Å². The lowest BCUT2D eigenvalue weighted by atomic mass is 10.0. The van der Waals surface area contributed by atoms with Crippen LogP contribution < -0.4 is 16.2 Å². The molecule has 0 saturated heterocycles. The standard InChI is InChI=1S/C15H23ClN2O/c1-2-3-11-6-12(14(18)8-17)7-13(16)15(11)19-9-10-4-5-10/h6-7,10,14H,2-5,8-9,17-18H2,1H3. The largest absolute Gasteiger partial charge is 0.491 e. The summed E-state index contributed by atoms with van der Waals surface area (Å²) in [5.74, 6) is 1.56. The maximum atomic E-state index is 6.35. The average Bonchev–Trinajstić information content (AvgIpc) is 3.21. The lowest BCUT2D eigenvalue weighted by molar-refractivity contribution is 0.296. The molecule has 0 aliphatic heterocycles. The van der Waals surface area contributed by atoms with Crippen LogP contribution in [-0.2, 0) is 6.42 Å². The topological polar surface area (TPSA) is 61.3 Å². The van der Waals surface area contributed by atoms with Gasteiger partial charge in [-0.3, -0.25) is 0 Å². The Bertz CT molecular complexity index is 432. The fourth-order valence-electron chi connectivity index (χ4n) is 2.13. The van der Waals surface area contributed by atoms with Crippen LogP contribution in [0.25, 0.3) is 0 Å². The minimum absolute atomic E-state index is 0.161. The Morgan fingerprint density at radius 3 is 2.74 bits per heavy atom. The molecular formula is C15H23ClN2O. The molecule has 4 heteroatoms. The number of hydrogen-bond donors (Lipinski definition) is 2. The average molecular weight is 283 g/mol. The van der Waals surface area contributed by atoms with Gasteiger partial charge in [0.05, 0.1) is 11.6 Å². The normalized spacial score (nSPS) is 16.4. The van der Waals surface area contributed by atoms with Crippen LogP contribution in [0.4, 0.5) is 0 Å². The molecule has 0 bridgehead atoms. The van der Waals surface area contributed by atoms with E-state index in [-0.39, 0.29) is 6.04 Å². The van der Waals surface area contributed by atoms with Gasteiger partial charge < -0.3 is 16.2 Å². The number of hydrogen-bond acceptors (Lipinski definition) is 3. The third kappa shape index (κ3) is 3.85. The Balaban J connectivity index is 2.23. The highest BCUT2D eigenvalue weighted by Gasteiger charge is 2.23. The van der Waals surface area contributed by atoms with Gasteiger partial charge in [-0.2, -0.15) is 0 Å². The zero-order valence-corrected chi connectivity index (χ0v) is 12.2. The van der Waals surface area contributed by atoms with Crippen molar-refractivity contribution in [2.45, 2.75) is 38.6 Å². The summed E-state index contributed by atoms with van der Waals surface area (Å²) in [7, 11) is 0. The first-order valence-corrected chi connectivity index (χ1v) is 7.44. The smallest absolute Gasteiger partial charge is 0.141 e. The van der Waals surface area contributed by atoms with Crippen molar-refractivity contribution in [3.8, 4) is 5.75 Å². The van der Waals surface area contributed by atoms with Crippen LogP contribution in [0, 0.1) is 5.92 Å². The third-order valence-corrected chi connectivity index (χ3v) is 3.79. The van der Waals surface area contributed by atoms with Crippen molar-refractivity contribution in [2.24, 2.45) is 17.4 Å². The van der Waals surface area contributed by atoms with Gasteiger partial charge in [-0.15, -0.1) is 0 Å². The number of nitrogens with two attached hydrogens (primary N) is 2. The number of benzene rings is 1. The van der Waals surface area contributed by atoms with E-state index in [4.69, 9.17) is 27.8 Å². The summed E-state index contributed by atoms with van der Waals surface area (Å²) < 4.78 is 5.91. The summed E-state index contributed by atoms with van der Waals surface area (Å²) >= 11 is 6.35. The summed E-state index contributed by atoms with van der Waals surface area (Å²) in [4.78, 5) is 0. The lowest BCUT2D eigenvalue weighted by Crippen LogP contribution is -2.21. The molecule has 2 rings (SSSR count). The monoisotopic (exact) mass is 282 g/mol. The van der Waals surface area contributed by atoms with Gasteiger partial charge >= 0.3 is 0 Å². The molecular weight excluding hydrogens is 260 g/mol. The summed E-state index contributed by atoms with van der Waals surface area (Å²) in [6.07, 6.45) is 4.55. The highest BCUT2D eigenvalue weighted by molar-refractivity contribution is 6.32. The molecule has 0 aromatic heterocycles. The minimum atomic E-state index is -0.161. The molecule has 4 N–H and O–H groups in total. The maximum absolute atomic E-state index is 6.35. The number of aryl methyl sites for hydroxylation is 1. The van der Waals surface area contributed by atoms with Crippen LogP contribution in [0.5, 0.6) is 5.75 Å². The third-order valence-electron chi connectivity index (χ3n) is 3.50.